The van der Waals surface area contributed by atoms with Gasteiger partial charge in [0.2, 0.25) is 0 Å². The number of nitrogens with zero attached hydrogens (tertiary/aromatic N) is 6. The summed E-state index contributed by atoms with van der Waals surface area (Å²) >= 11 is 0. The van der Waals surface area contributed by atoms with Crippen molar-refractivity contribution in [3.8, 4) is 0 Å². The summed E-state index contributed by atoms with van der Waals surface area (Å²) < 4.78 is 4.31. The van der Waals surface area contributed by atoms with Gasteiger partial charge in [-0.25, -0.2) is 4.98 Å². The van der Waals surface area contributed by atoms with Crippen molar-refractivity contribution in [3.63, 3.8) is 0 Å². The fourth-order valence-corrected chi connectivity index (χ4v) is 3.66. The van der Waals surface area contributed by atoms with Gasteiger partial charge in [0.25, 0.3) is 0 Å². The number of fused-ring (bicyclic) bond motifs is 2. The van der Waals surface area contributed by atoms with Crippen LogP contribution in [0, 0.1) is 6.92 Å². The fraction of sp³-hybridized carbons (Fsp3) is 0.364. The molecule has 4 aromatic rings. The molecule has 4 rings (SSSR count). The van der Waals surface area contributed by atoms with Crippen molar-refractivity contribution in [2.45, 2.75) is 32.7 Å². The van der Waals surface area contributed by atoms with Crippen molar-refractivity contribution < 1.29 is 0 Å². The average Bonchev–Trinajstić information content (AvgIpc) is 3.33. The lowest BCUT2D eigenvalue weighted by molar-refractivity contribution is 0.622. The Labute approximate surface area is 176 Å². The summed E-state index contributed by atoms with van der Waals surface area (Å²) in [5.74, 6) is 2.87. The monoisotopic (exact) mass is 404 g/mol. The highest BCUT2D eigenvalue weighted by atomic mass is 15.2. The first-order chi connectivity index (χ1) is 14.8. The van der Waals surface area contributed by atoms with E-state index >= 15 is 0 Å². The van der Waals surface area contributed by atoms with Crippen LogP contribution in [-0.4, -0.2) is 50.2 Å². The molecule has 0 saturated heterocycles. The predicted molar refractivity (Wildman–Crippen MR) is 120 cm³/mol. The molecule has 0 aliphatic rings. The van der Waals surface area contributed by atoms with Crippen LogP contribution < -0.4 is 10.6 Å². The molecule has 156 valence electrons. The molecule has 0 saturated carbocycles. The number of nitrogens with one attached hydrogen (secondary N) is 2. The number of guanidine groups is 1. The number of hydrogen-bond donors (Lipinski definition) is 2. The minimum absolute atomic E-state index is 0.826. The normalized spacial score (nSPS) is 12.0. The summed E-state index contributed by atoms with van der Waals surface area (Å²) in [6.07, 6.45) is 4.82. The van der Waals surface area contributed by atoms with E-state index in [0.29, 0.717) is 0 Å². The molecule has 3 heterocycles. The molecule has 30 heavy (non-hydrogen) atoms. The third kappa shape index (κ3) is 4.42. The number of aliphatic imine (C=N–C) groups is 1. The highest BCUT2D eigenvalue weighted by molar-refractivity contribution is 5.79. The molecule has 8 heteroatoms. The van der Waals surface area contributed by atoms with Crippen LogP contribution in [0.4, 0.5) is 0 Å². The third-order valence-corrected chi connectivity index (χ3v) is 5.17. The van der Waals surface area contributed by atoms with Gasteiger partial charge in [-0.1, -0.05) is 18.2 Å². The Morgan fingerprint density at radius 3 is 2.67 bits per heavy atom. The van der Waals surface area contributed by atoms with Crippen molar-refractivity contribution in [1.82, 2.24) is 34.8 Å². The van der Waals surface area contributed by atoms with Crippen LogP contribution in [-0.2, 0) is 13.0 Å². The van der Waals surface area contributed by atoms with Crippen molar-refractivity contribution in [2.75, 3.05) is 20.1 Å². The first-order valence-corrected chi connectivity index (χ1v) is 10.4. The van der Waals surface area contributed by atoms with E-state index < -0.39 is 0 Å². The number of imidazole rings is 1. The molecule has 3 aromatic heterocycles. The number of benzene rings is 1. The van der Waals surface area contributed by atoms with Crippen LogP contribution in [0.2, 0.25) is 0 Å². The number of pyridine rings is 1. The third-order valence-electron chi connectivity index (χ3n) is 5.17. The quantitative estimate of drug-likeness (QED) is 0.268. The molecule has 1 aromatic carbocycles. The summed E-state index contributed by atoms with van der Waals surface area (Å²) in [5, 5.41) is 15.2. The zero-order valence-corrected chi connectivity index (χ0v) is 17.5. The van der Waals surface area contributed by atoms with E-state index in [4.69, 9.17) is 0 Å². The van der Waals surface area contributed by atoms with Gasteiger partial charge < -0.3 is 15.2 Å². The summed E-state index contributed by atoms with van der Waals surface area (Å²) in [6.45, 7) is 4.66. The van der Waals surface area contributed by atoms with E-state index in [9.17, 15) is 0 Å². The van der Waals surface area contributed by atoms with Crippen LogP contribution in [0.1, 0.15) is 24.5 Å². The van der Waals surface area contributed by atoms with Crippen LogP contribution >= 0.6 is 0 Å². The van der Waals surface area contributed by atoms with Crippen LogP contribution in [0.15, 0.2) is 53.7 Å². The van der Waals surface area contributed by atoms with Gasteiger partial charge in [-0.3, -0.25) is 9.39 Å². The van der Waals surface area contributed by atoms with Gasteiger partial charge in [0.1, 0.15) is 11.6 Å². The number of hydrogen-bond acceptors (Lipinski definition) is 4. The lowest BCUT2D eigenvalue weighted by Crippen LogP contribution is -2.38. The Morgan fingerprint density at radius 1 is 1.00 bits per heavy atom. The van der Waals surface area contributed by atoms with Gasteiger partial charge in [0.05, 0.1) is 11.0 Å². The average molecular weight is 405 g/mol. The SMILES string of the molecule is CN=C(NCCCc1nnc2ccccn12)NCCCn1c(C)nc2ccccc21. The van der Waals surface area contributed by atoms with E-state index in [0.717, 1.165) is 67.7 Å². The predicted octanol–water partition coefficient (Wildman–Crippen LogP) is 2.58. The zero-order chi connectivity index (χ0) is 20.8. The van der Waals surface area contributed by atoms with Crippen molar-refractivity contribution in [2.24, 2.45) is 4.99 Å². The van der Waals surface area contributed by atoms with Crippen molar-refractivity contribution in [3.05, 3.63) is 60.3 Å². The Kier molecular flexibility index (Phi) is 6.22. The molecule has 0 aliphatic carbocycles. The topological polar surface area (TPSA) is 84.4 Å². The highest BCUT2D eigenvalue weighted by Gasteiger charge is 2.07. The van der Waals surface area contributed by atoms with Gasteiger partial charge in [-0.05, 0) is 44.0 Å². The van der Waals surface area contributed by atoms with E-state index in [1.54, 1.807) is 7.05 Å². The molecule has 2 N–H and O–H groups in total. The Balaban J connectivity index is 1.19. The highest BCUT2D eigenvalue weighted by Crippen LogP contribution is 2.15. The maximum absolute atomic E-state index is 4.63. The molecule has 0 amide bonds. The Morgan fingerprint density at radius 2 is 1.80 bits per heavy atom. The molecule has 0 bridgehead atoms. The fourth-order valence-electron chi connectivity index (χ4n) is 3.66. The van der Waals surface area contributed by atoms with Crippen molar-refractivity contribution in [1.29, 1.82) is 0 Å². The second-order valence-electron chi connectivity index (χ2n) is 7.23. The molecular weight excluding hydrogens is 376 g/mol. The van der Waals surface area contributed by atoms with Crippen LogP contribution in [0.5, 0.6) is 0 Å². The van der Waals surface area contributed by atoms with Gasteiger partial charge in [-0.2, -0.15) is 0 Å². The smallest absolute Gasteiger partial charge is 0.190 e. The first kappa shape index (κ1) is 19.9. The maximum Gasteiger partial charge on any atom is 0.190 e. The summed E-state index contributed by atoms with van der Waals surface area (Å²) in [6, 6.07) is 14.2. The molecular formula is C22H28N8. The Bertz CT molecular complexity index is 1140. The van der Waals surface area contributed by atoms with Gasteiger partial charge >= 0.3 is 0 Å². The van der Waals surface area contributed by atoms with Crippen LogP contribution in [0.25, 0.3) is 16.7 Å². The standard InChI is InChI=1S/C22H28N8/c1-17-26-18-9-3-4-10-19(18)29(17)16-8-14-25-22(23-2)24-13-7-12-21-28-27-20-11-5-6-15-30(20)21/h3-6,9-11,15H,7-8,12-14,16H2,1-2H3,(H2,23,24,25). The maximum atomic E-state index is 4.63. The first-order valence-electron chi connectivity index (χ1n) is 10.4. The second-order valence-corrected chi connectivity index (χ2v) is 7.23. The minimum atomic E-state index is 0.826. The van der Waals surface area contributed by atoms with E-state index in [1.165, 1.54) is 5.52 Å². The molecule has 0 fully saturated rings. The van der Waals surface area contributed by atoms with E-state index in [2.05, 4.69) is 60.5 Å². The van der Waals surface area contributed by atoms with E-state index in [1.807, 2.05) is 34.9 Å². The minimum Gasteiger partial charge on any atom is -0.356 e. The molecule has 0 unspecified atom stereocenters. The molecule has 0 radical (unpaired) electrons. The number of aromatic nitrogens is 5. The zero-order valence-electron chi connectivity index (χ0n) is 17.5. The number of para-hydroxylation sites is 2. The Hall–Kier alpha value is -3.42. The summed E-state index contributed by atoms with van der Waals surface area (Å²) in [5.41, 5.74) is 3.14. The summed E-state index contributed by atoms with van der Waals surface area (Å²) in [7, 11) is 1.80. The van der Waals surface area contributed by atoms with E-state index in [-0.39, 0.29) is 0 Å². The van der Waals surface area contributed by atoms with Crippen molar-refractivity contribution >= 4 is 22.6 Å². The molecule has 0 aliphatic heterocycles. The second kappa shape index (κ2) is 9.39. The largest absolute Gasteiger partial charge is 0.356 e. The van der Waals surface area contributed by atoms with Crippen LogP contribution in [0.3, 0.4) is 0 Å². The molecule has 0 atom stereocenters. The van der Waals surface area contributed by atoms with Gasteiger partial charge in [0.15, 0.2) is 11.6 Å². The lowest BCUT2D eigenvalue weighted by Gasteiger charge is -2.12. The molecule has 0 spiro atoms. The molecule has 8 nitrogen and oxygen atoms in total. The van der Waals surface area contributed by atoms with Gasteiger partial charge in [-0.15, -0.1) is 10.2 Å². The number of aryl methyl sites for hydroxylation is 3. The summed E-state index contributed by atoms with van der Waals surface area (Å²) in [4.78, 5) is 8.94. The number of rotatable bonds is 8. The lowest BCUT2D eigenvalue weighted by atomic mass is 10.3. The van der Waals surface area contributed by atoms with Gasteiger partial charge in [0, 0.05) is 39.3 Å².